The van der Waals surface area contributed by atoms with Crippen molar-refractivity contribution in [1.29, 1.82) is 0 Å². The van der Waals surface area contributed by atoms with Crippen molar-refractivity contribution in [2.45, 2.75) is 0 Å². The number of amides is 2. The molecule has 10 heteroatoms. The van der Waals surface area contributed by atoms with E-state index in [2.05, 4.69) is 10.6 Å². The summed E-state index contributed by atoms with van der Waals surface area (Å²) in [6.45, 7) is 2.77. The Hall–Kier alpha value is -1.20. The van der Waals surface area contributed by atoms with Gasteiger partial charge in [-0.25, -0.2) is 0 Å². The lowest BCUT2D eigenvalue weighted by Gasteiger charge is -2.08. The van der Waals surface area contributed by atoms with Crippen LogP contribution in [0, 0.1) is 0 Å². The van der Waals surface area contributed by atoms with E-state index in [-0.39, 0.29) is 35.9 Å². The summed E-state index contributed by atoms with van der Waals surface area (Å²) in [5.41, 5.74) is 0. The highest BCUT2D eigenvalue weighted by atomic mass is 32.2. The first-order chi connectivity index (χ1) is 11.7. The molecule has 138 valence electrons. The summed E-state index contributed by atoms with van der Waals surface area (Å²) in [5.74, 6) is -0.572. The fraction of sp³-hybridized carbons (Fsp3) is 0.786. The zero-order chi connectivity index (χ0) is 17.5. The van der Waals surface area contributed by atoms with Crippen LogP contribution in [0.3, 0.4) is 0 Å². The van der Waals surface area contributed by atoms with Crippen LogP contribution < -0.4 is 10.6 Å². The van der Waals surface area contributed by atoms with Crippen molar-refractivity contribution in [3.63, 3.8) is 0 Å². The van der Waals surface area contributed by atoms with Crippen LogP contribution in [0.4, 0.5) is 0 Å². The average Bonchev–Trinajstić information content (AvgIpc) is 2.56. The first-order valence-electron chi connectivity index (χ1n) is 7.68. The molecule has 24 heavy (non-hydrogen) atoms. The van der Waals surface area contributed by atoms with E-state index in [1.165, 1.54) is 0 Å². The molecule has 9 nitrogen and oxygen atoms in total. The standard InChI is InChI=1S/C14H24N2O7S/c17-12-9-23-10-14(19)24-11-13(18)16-2-4-21-6-8-22-7-5-20-3-1-15-12/h1-11H2,(H,15,17)(H,16,18). The van der Waals surface area contributed by atoms with E-state index in [4.69, 9.17) is 18.9 Å². The van der Waals surface area contributed by atoms with Gasteiger partial charge in [0, 0.05) is 13.1 Å². The van der Waals surface area contributed by atoms with Crippen molar-refractivity contribution in [2.75, 3.05) is 71.7 Å². The first kappa shape index (κ1) is 20.8. The molecule has 0 aliphatic carbocycles. The zero-order valence-electron chi connectivity index (χ0n) is 13.5. The number of hydrogen-bond acceptors (Lipinski definition) is 8. The van der Waals surface area contributed by atoms with Crippen molar-refractivity contribution >= 4 is 28.7 Å². The number of thioether (sulfide) groups is 1. The lowest BCUT2D eigenvalue weighted by Crippen LogP contribution is -2.31. The van der Waals surface area contributed by atoms with Crippen LogP contribution in [-0.4, -0.2) is 88.6 Å². The van der Waals surface area contributed by atoms with E-state index in [0.29, 0.717) is 52.7 Å². The Morgan fingerprint density at radius 1 is 0.667 bits per heavy atom. The minimum atomic E-state index is -0.326. The predicted molar refractivity (Wildman–Crippen MR) is 86.8 cm³/mol. The van der Waals surface area contributed by atoms with Crippen LogP contribution in [0.2, 0.25) is 0 Å². The third-order valence-corrected chi connectivity index (χ3v) is 3.54. The summed E-state index contributed by atoms with van der Waals surface area (Å²) < 4.78 is 20.9. The number of rotatable bonds is 0. The maximum Gasteiger partial charge on any atom is 0.246 e. The van der Waals surface area contributed by atoms with Crippen LogP contribution in [0.15, 0.2) is 0 Å². The van der Waals surface area contributed by atoms with Gasteiger partial charge in [-0.05, 0) is 0 Å². The molecule has 0 saturated carbocycles. The van der Waals surface area contributed by atoms with Crippen LogP contribution in [0.1, 0.15) is 0 Å². The monoisotopic (exact) mass is 364 g/mol. The normalized spacial score (nSPS) is 22.1. The highest BCUT2D eigenvalue weighted by Crippen LogP contribution is 2.01. The third kappa shape index (κ3) is 12.3. The quantitative estimate of drug-likeness (QED) is 0.537. The Bertz CT molecular complexity index is 395. The molecule has 1 aliphatic rings. The molecule has 0 aromatic carbocycles. The minimum absolute atomic E-state index is 0.00877. The molecule has 0 spiro atoms. The number of hydrogen-bond donors (Lipinski definition) is 2. The highest BCUT2D eigenvalue weighted by molar-refractivity contribution is 8.14. The molecular weight excluding hydrogens is 340 g/mol. The average molecular weight is 364 g/mol. The van der Waals surface area contributed by atoms with Crippen molar-refractivity contribution in [3.05, 3.63) is 0 Å². The second-order valence-corrected chi connectivity index (χ2v) is 5.72. The highest BCUT2D eigenvalue weighted by Gasteiger charge is 2.09. The first-order valence-corrected chi connectivity index (χ1v) is 8.67. The topological polar surface area (TPSA) is 112 Å². The minimum Gasteiger partial charge on any atom is -0.377 e. The molecule has 0 bridgehead atoms. The second-order valence-electron chi connectivity index (χ2n) is 4.69. The number of carbonyl (C=O) groups is 3. The van der Waals surface area contributed by atoms with E-state index >= 15 is 0 Å². The van der Waals surface area contributed by atoms with E-state index in [0.717, 1.165) is 11.8 Å². The molecule has 1 saturated heterocycles. The van der Waals surface area contributed by atoms with Crippen molar-refractivity contribution in [3.8, 4) is 0 Å². The number of ether oxygens (including phenoxy) is 4. The third-order valence-electron chi connectivity index (χ3n) is 2.70. The Morgan fingerprint density at radius 3 is 1.83 bits per heavy atom. The Labute approximate surface area is 145 Å². The van der Waals surface area contributed by atoms with E-state index in [1.54, 1.807) is 0 Å². The van der Waals surface area contributed by atoms with Crippen molar-refractivity contribution in [1.82, 2.24) is 10.6 Å². The number of carbonyl (C=O) groups excluding carboxylic acids is 3. The molecule has 2 amide bonds. The second kappa shape index (κ2) is 14.2. The molecule has 1 heterocycles. The van der Waals surface area contributed by atoms with Crippen LogP contribution in [-0.2, 0) is 33.3 Å². The van der Waals surface area contributed by atoms with Crippen molar-refractivity contribution in [2.24, 2.45) is 0 Å². The van der Waals surface area contributed by atoms with Crippen LogP contribution in [0.25, 0.3) is 0 Å². The van der Waals surface area contributed by atoms with Gasteiger partial charge in [-0.1, -0.05) is 11.8 Å². The predicted octanol–water partition coefficient (Wildman–Crippen LogP) is -1.44. The fourth-order valence-corrected chi connectivity index (χ4v) is 2.14. The molecule has 0 radical (unpaired) electrons. The van der Waals surface area contributed by atoms with Gasteiger partial charge in [-0.15, -0.1) is 0 Å². The summed E-state index contributed by atoms with van der Waals surface area (Å²) in [4.78, 5) is 34.5. The lowest BCUT2D eigenvalue weighted by atomic mass is 10.6. The molecule has 1 rings (SSSR count). The maximum atomic E-state index is 11.5. The van der Waals surface area contributed by atoms with Gasteiger partial charge < -0.3 is 29.6 Å². The van der Waals surface area contributed by atoms with Gasteiger partial charge >= 0.3 is 0 Å². The summed E-state index contributed by atoms with van der Waals surface area (Å²) in [5, 5.41) is 4.94. The van der Waals surface area contributed by atoms with Gasteiger partial charge in [0.05, 0.1) is 45.4 Å². The molecule has 1 fully saturated rings. The van der Waals surface area contributed by atoms with Gasteiger partial charge in [-0.3, -0.25) is 14.4 Å². The lowest BCUT2D eigenvalue weighted by molar-refractivity contribution is -0.127. The van der Waals surface area contributed by atoms with E-state index in [1.807, 2.05) is 0 Å². The maximum absolute atomic E-state index is 11.5. The SMILES string of the molecule is O=C1COCC(=O)SCC(=O)NCCOCCOCCOCCN1. The zero-order valence-corrected chi connectivity index (χ0v) is 14.4. The number of nitrogens with one attached hydrogen (secondary N) is 2. The summed E-state index contributed by atoms with van der Waals surface area (Å²) in [7, 11) is 0. The molecule has 0 aromatic rings. The Balaban J connectivity index is 2.27. The molecule has 0 atom stereocenters. The molecule has 2 N–H and O–H groups in total. The Morgan fingerprint density at radius 2 is 1.21 bits per heavy atom. The van der Waals surface area contributed by atoms with Crippen LogP contribution >= 0.6 is 11.8 Å². The van der Waals surface area contributed by atoms with Gasteiger partial charge in [0.15, 0.2) is 0 Å². The summed E-state index contributed by atoms with van der Waals surface area (Å²) in [6.07, 6.45) is 0. The largest absolute Gasteiger partial charge is 0.377 e. The molecular formula is C14H24N2O7S. The Kier molecular flexibility index (Phi) is 12.3. The van der Waals surface area contributed by atoms with Gasteiger partial charge in [-0.2, -0.15) is 0 Å². The van der Waals surface area contributed by atoms with Gasteiger partial charge in [0.1, 0.15) is 13.2 Å². The summed E-state index contributed by atoms with van der Waals surface area (Å²) >= 11 is 0.849. The summed E-state index contributed by atoms with van der Waals surface area (Å²) in [6, 6.07) is 0. The van der Waals surface area contributed by atoms with E-state index in [9.17, 15) is 14.4 Å². The molecule has 1 aliphatic heterocycles. The van der Waals surface area contributed by atoms with Crippen LogP contribution in [0.5, 0.6) is 0 Å². The van der Waals surface area contributed by atoms with Gasteiger partial charge in [0.25, 0.3) is 0 Å². The fourth-order valence-electron chi connectivity index (χ4n) is 1.58. The van der Waals surface area contributed by atoms with E-state index < -0.39 is 0 Å². The molecule has 0 unspecified atom stereocenters. The smallest absolute Gasteiger partial charge is 0.246 e. The van der Waals surface area contributed by atoms with Crippen molar-refractivity contribution < 1.29 is 33.3 Å². The van der Waals surface area contributed by atoms with Gasteiger partial charge in [0.2, 0.25) is 16.9 Å². The molecule has 0 aromatic heterocycles.